The highest BCUT2D eigenvalue weighted by molar-refractivity contribution is 6.33. The molecule has 0 unspecified atom stereocenters. The number of hydrogen-bond donors (Lipinski definition) is 0. The molecule has 2 rings (SSSR count). The molecule has 1 aliphatic rings. The summed E-state index contributed by atoms with van der Waals surface area (Å²) in [4.78, 5) is 26.7. The standard InChI is InChI=1S/C26H40ClNO3/c1-2-3-4-5-6-7-8-9-10-11-14-21-31-26(30)22-17-19-28(20-18-22)25(29)23-15-12-13-16-24(23)27/h12-13,15-16,22H,2-11,14,17-21H2,1H3. The van der Waals surface area contributed by atoms with E-state index >= 15 is 0 Å². The van der Waals surface area contributed by atoms with E-state index < -0.39 is 0 Å². The van der Waals surface area contributed by atoms with Gasteiger partial charge in [-0.1, -0.05) is 94.9 Å². The Labute approximate surface area is 193 Å². The zero-order valence-corrected chi connectivity index (χ0v) is 20.0. The van der Waals surface area contributed by atoms with Crippen molar-refractivity contribution < 1.29 is 14.3 Å². The molecular formula is C26H40ClNO3. The Morgan fingerprint density at radius 1 is 0.903 bits per heavy atom. The number of rotatable bonds is 14. The molecule has 1 heterocycles. The molecule has 0 atom stereocenters. The second-order valence-electron chi connectivity index (χ2n) is 8.75. The van der Waals surface area contributed by atoms with Gasteiger partial charge >= 0.3 is 5.97 Å². The van der Waals surface area contributed by atoms with E-state index in [1.165, 1.54) is 57.8 Å². The minimum Gasteiger partial charge on any atom is -0.465 e. The Balaban J connectivity index is 1.50. The van der Waals surface area contributed by atoms with E-state index in [0.29, 0.717) is 43.1 Å². The smallest absolute Gasteiger partial charge is 0.309 e. The van der Waals surface area contributed by atoms with Gasteiger partial charge in [0.25, 0.3) is 5.91 Å². The summed E-state index contributed by atoms with van der Waals surface area (Å²) in [7, 11) is 0. The molecule has 1 aromatic rings. The number of amides is 1. The first-order valence-corrected chi connectivity index (χ1v) is 12.7. The molecule has 0 aliphatic carbocycles. The lowest BCUT2D eigenvalue weighted by atomic mass is 9.96. The number of hydrogen-bond acceptors (Lipinski definition) is 3. The zero-order valence-electron chi connectivity index (χ0n) is 19.3. The highest BCUT2D eigenvalue weighted by Crippen LogP contribution is 2.23. The van der Waals surface area contributed by atoms with Gasteiger partial charge in [-0.25, -0.2) is 0 Å². The maximum Gasteiger partial charge on any atom is 0.309 e. The Bertz CT molecular complexity index is 656. The molecular weight excluding hydrogens is 410 g/mol. The number of carbonyl (C=O) groups excluding carboxylic acids is 2. The van der Waals surface area contributed by atoms with Crippen molar-refractivity contribution >= 4 is 23.5 Å². The number of carbonyl (C=O) groups is 2. The topological polar surface area (TPSA) is 46.6 Å². The number of unbranched alkanes of at least 4 members (excludes halogenated alkanes) is 10. The van der Waals surface area contributed by atoms with E-state index in [1.807, 2.05) is 12.1 Å². The Morgan fingerprint density at radius 2 is 1.45 bits per heavy atom. The van der Waals surface area contributed by atoms with Gasteiger partial charge in [0.2, 0.25) is 0 Å². The van der Waals surface area contributed by atoms with Crippen LogP contribution in [0.3, 0.4) is 0 Å². The molecule has 174 valence electrons. The van der Waals surface area contributed by atoms with Crippen LogP contribution < -0.4 is 0 Å². The van der Waals surface area contributed by atoms with Crippen molar-refractivity contribution in [1.29, 1.82) is 0 Å². The van der Waals surface area contributed by atoms with Crippen LogP contribution in [0.25, 0.3) is 0 Å². The third kappa shape index (κ3) is 9.64. The normalized spacial score (nSPS) is 14.6. The van der Waals surface area contributed by atoms with Crippen molar-refractivity contribution in [3.8, 4) is 0 Å². The monoisotopic (exact) mass is 449 g/mol. The summed E-state index contributed by atoms with van der Waals surface area (Å²) in [5.74, 6) is -0.252. The van der Waals surface area contributed by atoms with E-state index in [9.17, 15) is 9.59 Å². The van der Waals surface area contributed by atoms with Gasteiger partial charge in [-0.2, -0.15) is 0 Å². The average Bonchev–Trinajstić information content (AvgIpc) is 2.79. The van der Waals surface area contributed by atoms with Gasteiger partial charge in [0.1, 0.15) is 0 Å². The van der Waals surface area contributed by atoms with Crippen molar-refractivity contribution in [1.82, 2.24) is 4.90 Å². The average molecular weight is 450 g/mol. The number of ether oxygens (including phenoxy) is 1. The summed E-state index contributed by atoms with van der Waals surface area (Å²) >= 11 is 6.14. The minimum atomic E-state index is -0.100. The zero-order chi connectivity index (χ0) is 22.3. The van der Waals surface area contributed by atoms with E-state index in [4.69, 9.17) is 16.3 Å². The first-order valence-electron chi connectivity index (χ1n) is 12.3. The molecule has 0 aromatic heterocycles. The Morgan fingerprint density at radius 3 is 2.03 bits per heavy atom. The van der Waals surface area contributed by atoms with Crippen molar-refractivity contribution in [3.05, 3.63) is 34.9 Å². The molecule has 4 nitrogen and oxygen atoms in total. The van der Waals surface area contributed by atoms with Crippen molar-refractivity contribution in [2.24, 2.45) is 5.92 Å². The van der Waals surface area contributed by atoms with Crippen molar-refractivity contribution in [2.75, 3.05) is 19.7 Å². The maximum absolute atomic E-state index is 12.6. The summed E-state index contributed by atoms with van der Waals surface area (Å²) in [6.45, 7) is 3.92. The maximum atomic E-state index is 12.6. The second kappa shape index (κ2) is 15.3. The van der Waals surface area contributed by atoms with Crippen LogP contribution >= 0.6 is 11.6 Å². The number of piperidine rings is 1. The molecule has 5 heteroatoms. The molecule has 1 amide bonds. The van der Waals surface area contributed by atoms with Crippen LogP contribution in [0.2, 0.25) is 5.02 Å². The SMILES string of the molecule is CCCCCCCCCCCCCOC(=O)C1CCN(C(=O)c2ccccc2Cl)CC1. The fraction of sp³-hybridized carbons (Fsp3) is 0.692. The number of esters is 1. The molecule has 1 fully saturated rings. The number of nitrogens with zero attached hydrogens (tertiary/aromatic N) is 1. The summed E-state index contributed by atoms with van der Waals surface area (Å²) in [5, 5.41) is 0.473. The van der Waals surface area contributed by atoms with Gasteiger partial charge < -0.3 is 9.64 Å². The Hall–Kier alpha value is -1.55. The van der Waals surface area contributed by atoms with Gasteiger partial charge in [0.15, 0.2) is 0 Å². The predicted molar refractivity (Wildman–Crippen MR) is 127 cm³/mol. The number of benzene rings is 1. The van der Waals surface area contributed by atoms with Crippen LogP contribution in [0.4, 0.5) is 0 Å². The first-order chi connectivity index (χ1) is 15.1. The van der Waals surface area contributed by atoms with Crippen LogP contribution in [0, 0.1) is 5.92 Å². The van der Waals surface area contributed by atoms with E-state index in [1.54, 1.807) is 17.0 Å². The minimum absolute atomic E-state index is 0.0571. The molecule has 1 aromatic carbocycles. The molecule has 1 aliphatic heterocycles. The molecule has 0 radical (unpaired) electrons. The lowest BCUT2D eigenvalue weighted by Gasteiger charge is -2.31. The third-order valence-corrected chi connectivity index (χ3v) is 6.54. The first kappa shape index (κ1) is 25.7. The van der Waals surface area contributed by atoms with Gasteiger partial charge in [0, 0.05) is 13.1 Å². The van der Waals surface area contributed by atoms with Crippen molar-refractivity contribution in [2.45, 2.75) is 90.4 Å². The Kier molecular flexibility index (Phi) is 12.7. The summed E-state index contributed by atoms with van der Waals surface area (Å²) in [5.41, 5.74) is 0.529. The molecule has 0 saturated carbocycles. The second-order valence-corrected chi connectivity index (χ2v) is 9.16. The number of halogens is 1. The van der Waals surface area contributed by atoms with Crippen LogP contribution in [0.1, 0.15) is 101 Å². The van der Waals surface area contributed by atoms with Gasteiger partial charge in [-0.3, -0.25) is 9.59 Å². The lowest BCUT2D eigenvalue weighted by molar-refractivity contribution is -0.150. The van der Waals surface area contributed by atoms with Crippen molar-refractivity contribution in [3.63, 3.8) is 0 Å². The van der Waals surface area contributed by atoms with Crippen LogP contribution in [-0.4, -0.2) is 36.5 Å². The van der Waals surface area contributed by atoms with Crippen LogP contribution in [0.5, 0.6) is 0 Å². The van der Waals surface area contributed by atoms with E-state index in [0.717, 1.165) is 12.8 Å². The quantitative estimate of drug-likeness (QED) is 0.226. The third-order valence-electron chi connectivity index (χ3n) is 6.21. The van der Waals surface area contributed by atoms with E-state index in [-0.39, 0.29) is 17.8 Å². The summed E-state index contributed by atoms with van der Waals surface area (Å²) in [6, 6.07) is 7.11. The molecule has 0 spiro atoms. The summed E-state index contributed by atoms with van der Waals surface area (Å²) in [6.07, 6.45) is 15.4. The highest BCUT2D eigenvalue weighted by Gasteiger charge is 2.29. The van der Waals surface area contributed by atoms with Gasteiger partial charge in [-0.15, -0.1) is 0 Å². The molecule has 0 N–H and O–H groups in total. The molecule has 1 saturated heterocycles. The highest BCUT2D eigenvalue weighted by atomic mass is 35.5. The molecule has 31 heavy (non-hydrogen) atoms. The fourth-order valence-electron chi connectivity index (χ4n) is 4.18. The fourth-order valence-corrected chi connectivity index (χ4v) is 4.40. The lowest BCUT2D eigenvalue weighted by Crippen LogP contribution is -2.40. The van der Waals surface area contributed by atoms with Gasteiger partial charge in [0.05, 0.1) is 23.1 Å². The van der Waals surface area contributed by atoms with Crippen LogP contribution in [0.15, 0.2) is 24.3 Å². The summed E-state index contributed by atoms with van der Waals surface area (Å²) < 4.78 is 5.50. The van der Waals surface area contributed by atoms with Crippen LogP contribution in [-0.2, 0) is 9.53 Å². The predicted octanol–water partition coefficient (Wildman–Crippen LogP) is 7.05. The van der Waals surface area contributed by atoms with E-state index in [2.05, 4.69) is 6.92 Å². The molecule has 0 bridgehead atoms. The van der Waals surface area contributed by atoms with Gasteiger partial charge in [-0.05, 0) is 31.4 Å². The largest absolute Gasteiger partial charge is 0.465 e. The number of likely N-dealkylation sites (tertiary alicyclic amines) is 1.